The lowest BCUT2D eigenvalue weighted by atomic mass is 10.1. The third kappa shape index (κ3) is 3.14. The van der Waals surface area contributed by atoms with Gasteiger partial charge in [-0.05, 0) is 37.3 Å². The molecule has 0 saturated heterocycles. The standard InChI is InChI=1S/C11H23N/c1-4-5-6-7-12-9-10-8-11(10,2)3/h10,12H,4-9H2,1-3H3. The van der Waals surface area contributed by atoms with Crippen molar-refractivity contribution in [3.05, 3.63) is 0 Å². The van der Waals surface area contributed by atoms with Crippen LogP contribution in [0.2, 0.25) is 0 Å². The second kappa shape index (κ2) is 4.27. The first kappa shape index (κ1) is 10.0. The molecule has 72 valence electrons. The van der Waals surface area contributed by atoms with Gasteiger partial charge >= 0.3 is 0 Å². The van der Waals surface area contributed by atoms with E-state index in [0.717, 1.165) is 5.92 Å². The van der Waals surface area contributed by atoms with Crippen molar-refractivity contribution in [2.75, 3.05) is 13.1 Å². The van der Waals surface area contributed by atoms with Crippen LogP contribution in [-0.4, -0.2) is 13.1 Å². The summed E-state index contributed by atoms with van der Waals surface area (Å²) in [7, 11) is 0. The van der Waals surface area contributed by atoms with Crippen LogP contribution in [0.25, 0.3) is 0 Å². The maximum atomic E-state index is 3.54. The molecule has 1 saturated carbocycles. The van der Waals surface area contributed by atoms with Crippen LogP contribution in [-0.2, 0) is 0 Å². The van der Waals surface area contributed by atoms with Gasteiger partial charge < -0.3 is 5.32 Å². The first-order valence-electron chi connectivity index (χ1n) is 5.37. The van der Waals surface area contributed by atoms with E-state index in [0.29, 0.717) is 5.41 Å². The summed E-state index contributed by atoms with van der Waals surface area (Å²) in [6.07, 6.45) is 5.48. The summed E-state index contributed by atoms with van der Waals surface area (Å²) >= 11 is 0. The van der Waals surface area contributed by atoms with E-state index in [1.807, 2.05) is 0 Å². The van der Waals surface area contributed by atoms with E-state index in [-0.39, 0.29) is 0 Å². The Morgan fingerprint density at radius 2 is 2.00 bits per heavy atom. The first-order valence-corrected chi connectivity index (χ1v) is 5.37. The molecule has 0 radical (unpaired) electrons. The van der Waals surface area contributed by atoms with Crippen LogP contribution in [0.5, 0.6) is 0 Å². The van der Waals surface area contributed by atoms with E-state index >= 15 is 0 Å². The minimum atomic E-state index is 0.651. The normalized spacial score (nSPS) is 25.8. The highest BCUT2D eigenvalue weighted by atomic mass is 14.9. The fourth-order valence-corrected chi connectivity index (χ4v) is 1.70. The average molecular weight is 169 g/mol. The monoisotopic (exact) mass is 169 g/mol. The first-order chi connectivity index (χ1) is 5.67. The summed E-state index contributed by atoms with van der Waals surface area (Å²) in [6, 6.07) is 0. The van der Waals surface area contributed by atoms with Crippen LogP contribution in [0, 0.1) is 11.3 Å². The fraction of sp³-hybridized carbons (Fsp3) is 1.00. The zero-order valence-corrected chi connectivity index (χ0v) is 8.82. The summed E-state index contributed by atoms with van der Waals surface area (Å²) in [4.78, 5) is 0. The van der Waals surface area contributed by atoms with Gasteiger partial charge in [-0.25, -0.2) is 0 Å². The van der Waals surface area contributed by atoms with Crippen molar-refractivity contribution in [1.82, 2.24) is 5.32 Å². The lowest BCUT2D eigenvalue weighted by Gasteiger charge is -2.05. The molecule has 0 aromatic carbocycles. The number of unbranched alkanes of at least 4 members (excludes halogenated alkanes) is 2. The highest BCUT2D eigenvalue weighted by Gasteiger charge is 2.44. The van der Waals surface area contributed by atoms with Crippen LogP contribution < -0.4 is 5.32 Å². The molecule has 1 aliphatic carbocycles. The SMILES string of the molecule is CCCCCNCC1CC1(C)C. The molecule has 1 aliphatic rings. The maximum absolute atomic E-state index is 3.54. The van der Waals surface area contributed by atoms with Gasteiger partial charge in [-0.15, -0.1) is 0 Å². The van der Waals surface area contributed by atoms with Gasteiger partial charge in [0.25, 0.3) is 0 Å². The molecule has 1 atom stereocenters. The molecule has 1 N–H and O–H groups in total. The lowest BCUT2D eigenvalue weighted by Crippen LogP contribution is -2.19. The Kier molecular flexibility index (Phi) is 3.57. The Hall–Kier alpha value is -0.0400. The molecule has 0 spiro atoms. The van der Waals surface area contributed by atoms with Crippen molar-refractivity contribution in [3.63, 3.8) is 0 Å². The van der Waals surface area contributed by atoms with Gasteiger partial charge in [0.1, 0.15) is 0 Å². The van der Waals surface area contributed by atoms with E-state index in [1.54, 1.807) is 0 Å². The van der Waals surface area contributed by atoms with E-state index in [9.17, 15) is 0 Å². The predicted molar refractivity (Wildman–Crippen MR) is 54.3 cm³/mol. The van der Waals surface area contributed by atoms with Crippen molar-refractivity contribution in [2.24, 2.45) is 11.3 Å². The molecular weight excluding hydrogens is 146 g/mol. The molecule has 1 rings (SSSR count). The van der Waals surface area contributed by atoms with E-state index in [2.05, 4.69) is 26.1 Å². The van der Waals surface area contributed by atoms with Crippen molar-refractivity contribution >= 4 is 0 Å². The van der Waals surface area contributed by atoms with Crippen molar-refractivity contribution in [3.8, 4) is 0 Å². The highest BCUT2D eigenvalue weighted by molar-refractivity contribution is 4.95. The molecule has 1 nitrogen and oxygen atoms in total. The molecule has 1 heteroatoms. The summed E-state index contributed by atoms with van der Waals surface area (Å²) in [6.45, 7) is 9.46. The Morgan fingerprint density at radius 1 is 1.33 bits per heavy atom. The number of nitrogens with one attached hydrogen (secondary N) is 1. The summed E-state index contributed by atoms with van der Waals surface area (Å²) in [5, 5.41) is 3.54. The third-order valence-electron chi connectivity index (χ3n) is 3.07. The highest BCUT2D eigenvalue weighted by Crippen LogP contribution is 2.50. The molecule has 0 aromatic heterocycles. The van der Waals surface area contributed by atoms with Crippen molar-refractivity contribution < 1.29 is 0 Å². The second-order valence-electron chi connectivity index (χ2n) is 4.80. The molecule has 0 aromatic rings. The summed E-state index contributed by atoms with van der Waals surface area (Å²) in [5.41, 5.74) is 0.651. The summed E-state index contributed by atoms with van der Waals surface area (Å²) < 4.78 is 0. The van der Waals surface area contributed by atoms with Crippen LogP contribution in [0.3, 0.4) is 0 Å². The molecule has 1 fully saturated rings. The Bertz CT molecular complexity index is 129. The van der Waals surface area contributed by atoms with Crippen LogP contribution in [0.1, 0.15) is 46.5 Å². The molecule has 1 unspecified atom stereocenters. The zero-order chi connectivity index (χ0) is 9.03. The smallest absolute Gasteiger partial charge is 0.00152 e. The number of rotatable bonds is 6. The van der Waals surface area contributed by atoms with E-state index < -0.39 is 0 Å². The van der Waals surface area contributed by atoms with Gasteiger partial charge in [0.05, 0.1) is 0 Å². The lowest BCUT2D eigenvalue weighted by molar-refractivity contribution is 0.511. The maximum Gasteiger partial charge on any atom is -0.00152 e. The van der Waals surface area contributed by atoms with Crippen LogP contribution in [0.4, 0.5) is 0 Å². The molecule has 0 amide bonds. The summed E-state index contributed by atoms with van der Waals surface area (Å²) in [5.74, 6) is 0.958. The zero-order valence-electron chi connectivity index (χ0n) is 8.82. The fourth-order valence-electron chi connectivity index (χ4n) is 1.70. The van der Waals surface area contributed by atoms with Gasteiger partial charge in [0, 0.05) is 0 Å². The number of hydrogen-bond acceptors (Lipinski definition) is 1. The quantitative estimate of drug-likeness (QED) is 0.603. The average Bonchev–Trinajstić information content (AvgIpc) is 2.59. The van der Waals surface area contributed by atoms with Gasteiger partial charge in [0.15, 0.2) is 0 Å². The van der Waals surface area contributed by atoms with Crippen LogP contribution in [0.15, 0.2) is 0 Å². The van der Waals surface area contributed by atoms with Crippen LogP contribution >= 0.6 is 0 Å². The van der Waals surface area contributed by atoms with Crippen molar-refractivity contribution in [1.29, 1.82) is 0 Å². The molecule has 0 aliphatic heterocycles. The molecular formula is C11H23N. The Morgan fingerprint density at radius 3 is 2.50 bits per heavy atom. The van der Waals surface area contributed by atoms with Gasteiger partial charge in [-0.3, -0.25) is 0 Å². The van der Waals surface area contributed by atoms with Crippen molar-refractivity contribution in [2.45, 2.75) is 46.5 Å². The van der Waals surface area contributed by atoms with E-state index in [1.165, 1.54) is 38.8 Å². The number of hydrogen-bond donors (Lipinski definition) is 1. The molecule has 12 heavy (non-hydrogen) atoms. The Balaban J connectivity index is 1.85. The van der Waals surface area contributed by atoms with E-state index in [4.69, 9.17) is 0 Å². The third-order valence-corrected chi connectivity index (χ3v) is 3.07. The van der Waals surface area contributed by atoms with Gasteiger partial charge in [-0.2, -0.15) is 0 Å². The predicted octanol–water partition coefficient (Wildman–Crippen LogP) is 2.81. The van der Waals surface area contributed by atoms with Gasteiger partial charge in [0.2, 0.25) is 0 Å². The molecule has 0 bridgehead atoms. The minimum Gasteiger partial charge on any atom is -0.316 e. The Labute approximate surface area is 76.9 Å². The second-order valence-corrected chi connectivity index (χ2v) is 4.80. The minimum absolute atomic E-state index is 0.651. The van der Waals surface area contributed by atoms with Gasteiger partial charge in [-0.1, -0.05) is 33.6 Å². The molecule has 0 heterocycles. The largest absolute Gasteiger partial charge is 0.316 e. The topological polar surface area (TPSA) is 12.0 Å².